The number of hydrogen-bond donors (Lipinski definition) is 2. The third kappa shape index (κ3) is 4.44. The molecule has 1 saturated heterocycles. The Hall–Kier alpha value is -0.340. The molecule has 1 aliphatic rings. The predicted octanol–water partition coefficient (Wildman–Crippen LogP) is 1.68. The van der Waals surface area contributed by atoms with Gasteiger partial charge in [0.1, 0.15) is 0 Å². The van der Waals surface area contributed by atoms with Crippen LogP contribution >= 0.6 is 0 Å². The van der Waals surface area contributed by atoms with Crippen molar-refractivity contribution in [2.75, 3.05) is 13.1 Å². The summed E-state index contributed by atoms with van der Waals surface area (Å²) in [6.07, 6.45) is 7.26. The lowest BCUT2D eigenvalue weighted by Crippen LogP contribution is -2.39. The molecule has 0 bridgehead atoms. The van der Waals surface area contributed by atoms with Crippen LogP contribution in [0.5, 0.6) is 0 Å². The average molecular weight is 182 g/mol. The molecule has 1 rings (SSSR count). The van der Waals surface area contributed by atoms with E-state index in [2.05, 4.69) is 24.1 Å². The molecule has 0 aromatic rings. The van der Waals surface area contributed by atoms with E-state index in [0.717, 1.165) is 12.6 Å². The van der Waals surface area contributed by atoms with E-state index in [9.17, 15) is 0 Å². The van der Waals surface area contributed by atoms with Gasteiger partial charge in [-0.2, -0.15) is 0 Å². The second kappa shape index (κ2) is 6.17. The summed E-state index contributed by atoms with van der Waals surface area (Å²) in [7, 11) is 0. The van der Waals surface area contributed by atoms with Gasteiger partial charge in [0.25, 0.3) is 0 Å². The van der Waals surface area contributed by atoms with Crippen LogP contribution < -0.4 is 10.6 Å². The topological polar surface area (TPSA) is 24.1 Å². The van der Waals surface area contributed by atoms with Gasteiger partial charge in [0, 0.05) is 18.6 Å². The maximum atomic E-state index is 3.70. The quantitative estimate of drug-likeness (QED) is 0.632. The molecule has 2 nitrogen and oxygen atoms in total. The SMILES string of the molecule is C=CCNC(C)CC1CCCCN1. The standard InChI is InChI=1S/C11H22N2/c1-3-7-12-10(2)9-11-6-4-5-8-13-11/h3,10-13H,1,4-9H2,2H3. The van der Waals surface area contributed by atoms with Gasteiger partial charge in [-0.25, -0.2) is 0 Å². The maximum Gasteiger partial charge on any atom is 0.0134 e. The third-order valence-corrected chi connectivity index (χ3v) is 2.66. The van der Waals surface area contributed by atoms with Gasteiger partial charge in [0.15, 0.2) is 0 Å². The molecule has 2 atom stereocenters. The normalized spacial score (nSPS) is 25.5. The predicted molar refractivity (Wildman–Crippen MR) is 57.9 cm³/mol. The fraction of sp³-hybridized carbons (Fsp3) is 0.818. The zero-order valence-corrected chi connectivity index (χ0v) is 8.68. The van der Waals surface area contributed by atoms with E-state index in [1.165, 1.54) is 32.2 Å². The van der Waals surface area contributed by atoms with Crippen LogP contribution in [0.4, 0.5) is 0 Å². The van der Waals surface area contributed by atoms with E-state index in [1.54, 1.807) is 0 Å². The van der Waals surface area contributed by atoms with Gasteiger partial charge in [-0.1, -0.05) is 12.5 Å². The molecule has 13 heavy (non-hydrogen) atoms. The number of hydrogen-bond acceptors (Lipinski definition) is 2. The van der Waals surface area contributed by atoms with Crippen LogP contribution in [-0.2, 0) is 0 Å². The Morgan fingerprint density at radius 1 is 1.62 bits per heavy atom. The summed E-state index contributed by atoms with van der Waals surface area (Å²) in [4.78, 5) is 0. The number of nitrogens with one attached hydrogen (secondary N) is 2. The van der Waals surface area contributed by atoms with Crippen molar-refractivity contribution in [1.82, 2.24) is 10.6 Å². The molecular weight excluding hydrogens is 160 g/mol. The molecule has 0 amide bonds. The van der Waals surface area contributed by atoms with E-state index in [4.69, 9.17) is 0 Å². The summed E-state index contributed by atoms with van der Waals surface area (Å²) in [5.74, 6) is 0. The molecule has 76 valence electrons. The van der Waals surface area contributed by atoms with Crippen LogP contribution in [0.2, 0.25) is 0 Å². The molecule has 1 fully saturated rings. The second-order valence-electron chi connectivity index (χ2n) is 3.98. The molecule has 2 unspecified atom stereocenters. The summed E-state index contributed by atoms with van der Waals surface area (Å²) in [5.41, 5.74) is 0. The monoisotopic (exact) mass is 182 g/mol. The van der Waals surface area contributed by atoms with E-state index < -0.39 is 0 Å². The van der Waals surface area contributed by atoms with Crippen molar-refractivity contribution in [3.8, 4) is 0 Å². The minimum Gasteiger partial charge on any atom is -0.314 e. The number of rotatable bonds is 5. The summed E-state index contributed by atoms with van der Waals surface area (Å²) >= 11 is 0. The molecule has 0 spiro atoms. The highest BCUT2D eigenvalue weighted by Crippen LogP contribution is 2.11. The van der Waals surface area contributed by atoms with Crippen molar-refractivity contribution < 1.29 is 0 Å². The van der Waals surface area contributed by atoms with E-state index in [0.29, 0.717) is 6.04 Å². The molecule has 0 aromatic carbocycles. The van der Waals surface area contributed by atoms with Crippen molar-refractivity contribution in [3.05, 3.63) is 12.7 Å². The Balaban J connectivity index is 2.10. The Morgan fingerprint density at radius 3 is 3.08 bits per heavy atom. The Labute approximate surface area is 81.8 Å². The Kier molecular flexibility index (Phi) is 5.09. The van der Waals surface area contributed by atoms with Crippen molar-refractivity contribution in [2.24, 2.45) is 0 Å². The molecule has 2 heteroatoms. The second-order valence-corrected chi connectivity index (χ2v) is 3.98. The van der Waals surface area contributed by atoms with Crippen LogP contribution in [-0.4, -0.2) is 25.2 Å². The molecule has 2 N–H and O–H groups in total. The smallest absolute Gasteiger partial charge is 0.0134 e. The largest absolute Gasteiger partial charge is 0.314 e. The first kappa shape index (κ1) is 10.7. The first-order chi connectivity index (χ1) is 6.33. The molecular formula is C11H22N2. The van der Waals surface area contributed by atoms with Gasteiger partial charge in [0.05, 0.1) is 0 Å². The Morgan fingerprint density at radius 2 is 2.46 bits per heavy atom. The molecule has 0 radical (unpaired) electrons. The fourth-order valence-electron chi connectivity index (χ4n) is 1.92. The van der Waals surface area contributed by atoms with E-state index in [-0.39, 0.29) is 0 Å². The third-order valence-electron chi connectivity index (χ3n) is 2.66. The summed E-state index contributed by atoms with van der Waals surface area (Å²) in [6.45, 7) is 8.08. The average Bonchev–Trinajstić information content (AvgIpc) is 2.16. The molecule has 1 aliphatic heterocycles. The highest BCUT2D eigenvalue weighted by atomic mass is 14.9. The highest BCUT2D eigenvalue weighted by Gasteiger charge is 2.14. The first-order valence-electron chi connectivity index (χ1n) is 5.40. The van der Waals surface area contributed by atoms with Gasteiger partial charge < -0.3 is 10.6 Å². The summed E-state index contributed by atoms with van der Waals surface area (Å²) < 4.78 is 0. The van der Waals surface area contributed by atoms with Crippen molar-refractivity contribution >= 4 is 0 Å². The van der Waals surface area contributed by atoms with Crippen LogP contribution in [0.25, 0.3) is 0 Å². The Bertz CT molecular complexity index is 139. The van der Waals surface area contributed by atoms with Gasteiger partial charge in [-0.3, -0.25) is 0 Å². The molecule has 0 aromatic heterocycles. The zero-order valence-electron chi connectivity index (χ0n) is 8.68. The van der Waals surface area contributed by atoms with Gasteiger partial charge in [0.2, 0.25) is 0 Å². The highest BCUT2D eigenvalue weighted by molar-refractivity contribution is 4.79. The van der Waals surface area contributed by atoms with Crippen molar-refractivity contribution in [3.63, 3.8) is 0 Å². The van der Waals surface area contributed by atoms with Crippen LogP contribution in [0, 0.1) is 0 Å². The lowest BCUT2D eigenvalue weighted by Gasteiger charge is -2.26. The van der Waals surface area contributed by atoms with Crippen LogP contribution in [0.15, 0.2) is 12.7 Å². The maximum absolute atomic E-state index is 3.70. The zero-order chi connectivity index (χ0) is 9.52. The van der Waals surface area contributed by atoms with E-state index in [1.807, 2.05) is 6.08 Å². The lowest BCUT2D eigenvalue weighted by atomic mass is 9.99. The minimum atomic E-state index is 0.605. The molecule has 0 saturated carbocycles. The van der Waals surface area contributed by atoms with E-state index >= 15 is 0 Å². The van der Waals surface area contributed by atoms with Crippen molar-refractivity contribution in [2.45, 2.75) is 44.7 Å². The minimum absolute atomic E-state index is 0.605. The molecule has 1 heterocycles. The van der Waals surface area contributed by atoms with Crippen molar-refractivity contribution in [1.29, 1.82) is 0 Å². The summed E-state index contributed by atoms with van der Waals surface area (Å²) in [6, 6.07) is 1.34. The van der Waals surface area contributed by atoms with Gasteiger partial charge >= 0.3 is 0 Å². The van der Waals surface area contributed by atoms with Gasteiger partial charge in [-0.05, 0) is 32.7 Å². The fourth-order valence-corrected chi connectivity index (χ4v) is 1.92. The molecule has 0 aliphatic carbocycles. The van der Waals surface area contributed by atoms with Crippen LogP contribution in [0.3, 0.4) is 0 Å². The lowest BCUT2D eigenvalue weighted by molar-refractivity contribution is 0.349. The number of piperidine rings is 1. The first-order valence-corrected chi connectivity index (χ1v) is 5.40. The van der Waals surface area contributed by atoms with Crippen LogP contribution in [0.1, 0.15) is 32.6 Å². The van der Waals surface area contributed by atoms with Gasteiger partial charge in [-0.15, -0.1) is 6.58 Å². The summed E-state index contributed by atoms with van der Waals surface area (Å²) in [5, 5.41) is 6.98.